The molecule has 0 aliphatic heterocycles. The molecule has 0 saturated heterocycles. The van der Waals surface area contributed by atoms with Crippen LogP contribution in [-0.2, 0) is 0 Å². The van der Waals surface area contributed by atoms with Gasteiger partial charge in [0, 0.05) is 23.0 Å². The largest absolute Gasteiger partial charge is 0.478 e. The van der Waals surface area contributed by atoms with Gasteiger partial charge in [0.1, 0.15) is 0 Å². The Morgan fingerprint density at radius 2 is 1.80 bits per heavy atom. The second-order valence-corrected chi connectivity index (χ2v) is 4.39. The Morgan fingerprint density at radius 1 is 1.00 bits per heavy atom. The number of carboxylic acid groups (broad SMARTS) is 1. The third-order valence-corrected chi connectivity index (χ3v) is 3.04. The maximum Gasteiger partial charge on any atom is 0.336 e. The first-order valence-electron chi connectivity index (χ1n) is 6.18. The molecule has 0 aliphatic carbocycles. The Hall–Kier alpha value is -2.88. The number of pyridine rings is 1. The number of hydrogen-bond acceptors (Lipinski definition) is 3. The summed E-state index contributed by atoms with van der Waals surface area (Å²) in [6.07, 6.45) is 1.51. The topological polar surface area (TPSA) is 62.2 Å². The second kappa shape index (κ2) is 5.01. The standard InChI is InChI=1S/C16H12N2O2/c19-16(20)14-8-9-17-15-10-12(6-7-13(14)15)18-11-4-2-1-3-5-11/h1-10,18H,(H,19,20). The van der Waals surface area contributed by atoms with Crippen molar-refractivity contribution < 1.29 is 9.90 Å². The van der Waals surface area contributed by atoms with Crippen LogP contribution in [-0.4, -0.2) is 16.1 Å². The van der Waals surface area contributed by atoms with Crippen LogP contribution in [0.4, 0.5) is 11.4 Å². The highest BCUT2D eigenvalue weighted by Crippen LogP contribution is 2.23. The molecule has 0 unspecified atom stereocenters. The molecule has 1 heterocycles. The van der Waals surface area contributed by atoms with Crippen LogP contribution in [0.3, 0.4) is 0 Å². The third-order valence-electron chi connectivity index (χ3n) is 3.04. The maximum absolute atomic E-state index is 11.1. The van der Waals surface area contributed by atoms with Gasteiger partial charge >= 0.3 is 5.97 Å². The van der Waals surface area contributed by atoms with Crippen LogP contribution >= 0.6 is 0 Å². The van der Waals surface area contributed by atoms with Crippen LogP contribution < -0.4 is 5.32 Å². The lowest BCUT2D eigenvalue weighted by molar-refractivity contribution is 0.0699. The summed E-state index contributed by atoms with van der Waals surface area (Å²) in [4.78, 5) is 15.4. The molecule has 0 amide bonds. The zero-order chi connectivity index (χ0) is 13.9. The smallest absolute Gasteiger partial charge is 0.336 e. The number of nitrogens with zero attached hydrogens (tertiary/aromatic N) is 1. The molecule has 3 rings (SSSR count). The van der Waals surface area contributed by atoms with Gasteiger partial charge in [-0.1, -0.05) is 18.2 Å². The molecular weight excluding hydrogens is 252 g/mol. The highest BCUT2D eigenvalue weighted by atomic mass is 16.4. The van der Waals surface area contributed by atoms with Crippen molar-refractivity contribution >= 4 is 28.2 Å². The first-order chi connectivity index (χ1) is 9.74. The molecule has 0 spiro atoms. The quantitative estimate of drug-likeness (QED) is 0.757. The molecule has 20 heavy (non-hydrogen) atoms. The number of nitrogens with one attached hydrogen (secondary N) is 1. The Bertz CT molecular complexity index is 770. The zero-order valence-electron chi connectivity index (χ0n) is 10.6. The monoisotopic (exact) mass is 264 g/mol. The van der Waals surface area contributed by atoms with Gasteiger partial charge in [0.2, 0.25) is 0 Å². The average molecular weight is 264 g/mol. The van der Waals surface area contributed by atoms with Crippen molar-refractivity contribution in [3.63, 3.8) is 0 Å². The Morgan fingerprint density at radius 3 is 2.55 bits per heavy atom. The molecule has 0 bridgehead atoms. The summed E-state index contributed by atoms with van der Waals surface area (Å²) in [7, 11) is 0. The van der Waals surface area contributed by atoms with Crippen LogP contribution in [0.15, 0.2) is 60.8 Å². The van der Waals surface area contributed by atoms with E-state index in [2.05, 4.69) is 10.3 Å². The van der Waals surface area contributed by atoms with Crippen LogP contribution in [0.2, 0.25) is 0 Å². The van der Waals surface area contributed by atoms with Crippen molar-refractivity contribution in [3.8, 4) is 0 Å². The van der Waals surface area contributed by atoms with Gasteiger partial charge in [-0.15, -0.1) is 0 Å². The number of aromatic carboxylic acids is 1. The molecule has 2 aromatic carbocycles. The van der Waals surface area contributed by atoms with Crippen molar-refractivity contribution in [2.24, 2.45) is 0 Å². The number of aromatic nitrogens is 1. The summed E-state index contributed by atoms with van der Waals surface area (Å²) >= 11 is 0. The SMILES string of the molecule is O=C(O)c1ccnc2cc(Nc3ccccc3)ccc12. The molecule has 4 nitrogen and oxygen atoms in total. The van der Waals surface area contributed by atoms with E-state index in [9.17, 15) is 4.79 Å². The van der Waals surface area contributed by atoms with E-state index >= 15 is 0 Å². The van der Waals surface area contributed by atoms with Gasteiger partial charge in [-0.2, -0.15) is 0 Å². The molecule has 2 N–H and O–H groups in total. The predicted molar refractivity (Wildman–Crippen MR) is 78.4 cm³/mol. The molecule has 0 aliphatic rings. The van der Waals surface area contributed by atoms with Crippen LogP contribution in [0.1, 0.15) is 10.4 Å². The van der Waals surface area contributed by atoms with Crippen molar-refractivity contribution in [2.45, 2.75) is 0 Å². The summed E-state index contributed by atoms with van der Waals surface area (Å²) in [5.41, 5.74) is 2.77. The fraction of sp³-hybridized carbons (Fsp3) is 0. The number of benzene rings is 2. The zero-order valence-corrected chi connectivity index (χ0v) is 10.6. The Balaban J connectivity index is 2.01. The van der Waals surface area contributed by atoms with Gasteiger partial charge in [-0.25, -0.2) is 4.79 Å². The average Bonchev–Trinajstić information content (AvgIpc) is 2.47. The molecule has 4 heteroatoms. The molecule has 0 atom stereocenters. The summed E-state index contributed by atoms with van der Waals surface area (Å²) in [5.74, 6) is -0.943. The van der Waals surface area contributed by atoms with Crippen molar-refractivity contribution in [1.29, 1.82) is 0 Å². The van der Waals surface area contributed by atoms with E-state index in [1.807, 2.05) is 42.5 Å². The summed E-state index contributed by atoms with van der Waals surface area (Å²) in [5, 5.41) is 13.0. The van der Waals surface area contributed by atoms with Crippen molar-refractivity contribution in [2.75, 3.05) is 5.32 Å². The van der Waals surface area contributed by atoms with E-state index in [1.165, 1.54) is 12.3 Å². The number of para-hydroxylation sites is 1. The number of carboxylic acids is 1. The van der Waals surface area contributed by atoms with E-state index in [0.717, 1.165) is 11.4 Å². The number of hydrogen-bond donors (Lipinski definition) is 2. The molecule has 0 fully saturated rings. The lowest BCUT2D eigenvalue weighted by Crippen LogP contribution is -1.98. The minimum Gasteiger partial charge on any atom is -0.478 e. The van der Waals surface area contributed by atoms with E-state index < -0.39 is 5.97 Å². The summed E-state index contributed by atoms with van der Waals surface area (Å²) < 4.78 is 0. The molecule has 3 aromatic rings. The molecular formula is C16H12N2O2. The summed E-state index contributed by atoms with van der Waals surface area (Å²) in [6, 6.07) is 16.8. The highest BCUT2D eigenvalue weighted by molar-refractivity contribution is 6.03. The van der Waals surface area contributed by atoms with Gasteiger partial charge in [0.25, 0.3) is 0 Å². The fourth-order valence-corrected chi connectivity index (χ4v) is 2.10. The maximum atomic E-state index is 11.1. The predicted octanol–water partition coefficient (Wildman–Crippen LogP) is 3.68. The van der Waals surface area contributed by atoms with Gasteiger partial charge < -0.3 is 10.4 Å². The molecule has 0 radical (unpaired) electrons. The Labute approximate surface area is 115 Å². The number of rotatable bonds is 3. The van der Waals surface area contributed by atoms with Crippen molar-refractivity contribution in [1.82, 2.24) is 4.98 Å². The normalized spacial score (nSPS) is 10.4. The van der Waals surface area contributed by atoms with E-state index in [4.69, 9.17) is 5.11 Å². The first kappa shape index (κ1) is 12.2. The number of anilines is 2. The van der Waals surface area contributed by atoms with E-state index in [0.29, 0.717) is 10.9 Å². The van der Waals surface area contributed by atoms with Crippen molar-refractivity contribution in [3.05, 3.63) is 66.4 Å². The molecule has 0 saturated carbocycles. The van der Waals surface area contributed by atoms with Crippen LogP contribution in [0.25, 0.3) is 10.9 Å². The minimum atomic E-state index is -0.943. The number of carbonyl (C=O) groups is 1. The van der Waals surface area contributed by atoms with Crippen LogP contribution in [0, 0.1) is 0 Å². The van der Waals surface area contributed by atoms with E-state index in [-0.39, 0.29) is 5.56 Å². The lowest BCUT2D eigenvalue weighted by Gasteiger charge is -2.08. The van der Waals surface area contributed by atoms with Gasteiger partial charge in [-0.05, 0) is 36.4 Å². The lowest BCUT2D eigenvalue weighted by atomic mass is 10.1. The first-order valence-corrected chi connectivity index (χ1v) is 6.18. The second-order valence-electron chi connectivity index (χ2n) is 4.39. The van der Waals surface area contributed by atoms with Gasteiger partial charge in [-0.3, -0.25) is 4.98 Å². The third kappa shape index (κ3) is 2.31. The Kier molecular flexibility index (Phi) is 3.05. The summed E-state index contributed by atoms with van der Waals surface area (Å²) in [6.45, 7) is 0. The number of fused-ring (bicyclic) bond motifs is 1. The van der Waals surface area contributed by atoms with Gasteiger partial charge in [0.05, 0.1) is 11.1 Å². The minimum absolute atomic E-state index is 0.265. The molecule has 98 valence electrons. The highest BCUT2D eigenvalue weighted by Gasteiger charge is 2.08. The fourth-order valence-electron chi connectivity index (χ4n) is 2.10. The molecule has 1 aromatic heterocycles. The van der Waals surface area contributed by atoms with Gasteiger partial charge in [0.15, 0.2) is 0 Å². The van der Waals surface area contributed by atoms with E-state index in [1.54, 1.807) is 6.07 Å². The van der Waals surface area contributed by atoms with Crippen LogP contribution in [0.5, 0.6) is 0 Å².